The van der Waals surface area contributed by atoms with Crippen LogP contribution in [0.25, 0.3) is 0 Å². The first-order valence-electron chi connectivity index (χ1n) is 9.37. The number of hydrogen-bond donors (Lipinski definition) is 2. The quantitative estimate of drug-likeness (QED) is 0.849. The number of rotatable bonds is 5. The summed E-state index contributed by atoms with van der Waals surface area (Å²) in [6.07, 6.45) is 4.04. The first-order valence-corrected chi connectivity index (χ1v) is 10.3. The Labute approximate surface area is 157 Å². The summed E-state index contributed by atoms with van der Waals surface area (Å²) >= 11 is 1.65. The third-order valence-electron chi connectivity index (χ3n) is 5.84. The van der Waals surface area contributed by atoms with Gasteiger partial charge in [0.2, 0.25) is 5.56 Å². The average molecular weight is 372 g/mol. The van der Waals surface area contributed by atoms with Gasteiger partial charge in [-0.05, 0) is 72.6 Å². The molecular weight excluding hydrogens is 346 g/mol. The van der Waals surface area contributed by atoms with Crippen LogP contribution in [0, 0.1) is 5.41 Å². The van der Waals surface area contributed by atoms with Gasteiger partial charge in [0.25, 0.3) is 5.91 Å². The second-order valence-electron chi connectivity index (χ2n) is 7.51. The summed E-state index contributed by atoms with van der Waals surface area (Å²) in [7, 11) is 0. The van der Waals surface area contributed by atoms with Crippen LogP contribution in [-0.2, 0) is 13.0 Å². The highest BCUT2D eigenvalue weighted by molar-refractivity contribution is 7.07. The summed E-state index contributed by atoms with van der Waals surface area (Å²) in [5.41, 5.74) is 2.56. The second kappa shape index (κ2) is 7.00. The molecular formula is C20H25N3O2S. The number of aryl methyl sites for hydroxylation is 1. The average Bonchev–Trinajstić information content (AvgIpc) is 3.07. The third kappa shape index (κ3) is 3.35. The maximum atomic E-state index is 13.4. The van der Waals surface area contributed by atoms with Gasteiger partial charge in [-0.3, -0.25) is 9.59 Å². The highest BCUT2D eigenvalue weighted by Gasteiger charge is 2.57. The summed E-state index contributed by atoms with van der Waals surface area (Å²) in [4.78, 5) is 30.1. The number of pyridine rings is 1. The zero-order valence-electron chi connectivity index (χ0n) is 15.1. The Morgan fingerprint density at radius 2 is 2.15 bits per heavy atom. The maximum absolute atomic E-state index is 13.4. The number of amides is 1. The lowest BCUT2D eigenvalue weighted by Gasteiger charge is -2.29. The Morgan fingerprint density at radius 3 is 2.85 bits per heavy atom. The van der Waals surface area contributed by atoms with Gasteiger partial charge in [0.05, 0.1) is 0 Å². The van der Waals surface area contributed by atoms with Gasteiger partial charge >= 0.3 is 0 Å². The van der Waals surface area contributed by atoms with Gasteiger partial charge in [-0.1, -0.05) is 6.92 Å². The number of nitrogens with zero attached hydrogens (tertiary/aromatic N) is 1. The summed E-state index contributed by atoms with van der Waals surface area (Å²) < 4.78 is 0. The lowest BCUT2D eigenvalue weighted by molar-refractivity contribution is 0.0692. The molecule has 138 valence electrons. The predicted molar refractivity (Wildman–Crippen MR) is 104 cm³/mol. The molecule has 1 aliphatic carbocycles. The third-order valence-corrected chi connectivity index (χ3v) is 6.58. The lowest BCUT2D eigenvalue weighted by atomic mass is 9.93. The van der Waals surface area contributed by atoms with E-state index in [2.05, 4.69) is 21.7 Å². The second-order valence-corrected chi connectivity index (χ2v) is 8.29. The van der Waals surface area contributed by atoms with Crippen molar-refractivity contribution in [1.82, 2.24) is 15.2 Å². The molecule has 6 heteroatoms. The zero-order valence-corrected chi connectivity index (χ0v) is 15.9. The fraction of sp³-hybridized carbons (Fsp3) is 0.500. The molecule has 1 unspecified atom stereocenters. The molecule has 1 spiro atoms. The van der Waals surface area contributed by atoms with Crippen LogP contribution in [0.5, 0.6) is 0 Å². The molecule has 1 atom stereocenters. The molecule has 2 aliphatic rings. The molecule has 1 amide bonds. The van der Waals surface area contributed by atoms with Crippen molar-refractivity contribution in [2.75, 3.05) is 13.1 Å². The van der Waals surface area contributed by atoms with E-state index in [1.54, 1.807) is 11.3 Å². The monoisotopic (exact) mass is 371 g/mol. The molecule has 0 radical (unpaired) electrons. The highest BCUT2D eigenvalue weighted by atomic mass is 32.1. The van der Waals surface area contributed by atoms with E-state index in [0.29, 0.717) is 18.5 Å². The van der Waals surface area contributed by atoms with Crippen molar-refractivity contribution < 1.29 is 4.79 Å². The van der Waals surface area contributed by atoms with E-state index >= 15 is 0 Å². The predicted octanol–water partition coefficient (Wildman–Crippen LogP) is 2.78. The van der Waals surface area contributed by atoms with Crippen molar-refractivity contribution in [3.63, 3.8) is 0 Å². The lowest BCUT2D eigenvalue weighted by Crippen LogP contribution is -2.39. The number of aromatic amines is 1. The van der Waals surface area contributed by atoms with Crippen LogP contribution in [0.3, 0.4) is 0 Å². The minimum absolute atomic E-state index is 0.0163. The van der Waals surface area contributed by atoms with Crippen molar-refractivity contribution in [2.24, 2.45) is 5.41 Å². The summed E-state index contributed by atoms with van der Waals surface area (Å²) in [5, 5.41) is 7.58. The van der Waals surface area contributed by atoms with Crippen LogP contribution in [0.15, 0.2) is 33.8 Å². The van der Waals surface area contributed by atoms with Crippen molar-refractivity contribution in [3.8, 4) is 0 Å². The minimum Gasteiger partial charge on any atom is -0.331 e. The molecule has 1 saturated carbocycles. The molecule has 0 bridgehead atoms. The Hall–Kier alpha value is -1.92. The molecule has 4 rings (SSSR count). The number of hydrogen-bond acceptors (Lipinski definition) is 4. The molecule has 1 saturated heterocycles. The molecule has 2 aromatic rings. The number of nitrogens with one attached hydrogen (secondary N) is 2. The molecule has 0 aromatic carbocycles. The van der Waals surface area contributed by atoms with Crippen molar-refractivity contribution in [1.29, 1.82) is 0 Å². The Balaban J connectivity index is 1.63. The van der Waals surface area contributed by atoms with E-state index in [-0.39, 0.29) is 22.9 Å². The van der Waals surface area contributed by atoms with Gasteiger partial charge in [-0.2, -0.15) is 11.3 Å². The number of aromatic nitrogens is 1. The van der Waals surface area contributed by atoms with E-state index in [4.69, 9.17) is 0 Å². The number of piperidine rings is 1. The van der Waals surface area contributed by atoms with E-state index in [0.717, 1.165) is 38.0 Å². The molecule has 26 heavy (non-hydrogen) atoms. The fourth-order valence-corrected chi connectivity index (χ4v) is 4.87. The van der Waals surface area contributed by atoms with Gasteiger partial charge in [0.15, 0.2) is 0 Å². The molecule has 1 aliphatic heterocycles. The van der Waals surface area contributed by atoms with Crippen LogP contribution >= 0.6 is 11.3 Å². The van der Waals surface area contributed by atoms with Crippen LogP contribution in [-0.4, -0.2) is 34.9 Å². The van der Waals surface area contributed by atoms with Crippen molar-refractivity contribution >= 4 is 17.2 Å². The number of carbonyl (C=O) groups excluding carboxylic acids is 1. The van der Waals surface area contributed by atoms with Crippen LogP contribution < -0.4 is 10.9 Å². The van der Waals surface area contributed by atoms with Gasteiger partial charge in [0.1, 0.15) is 0 Å². The van der Waals surface area contributed by atoms with Crippen LogP contribution in [0.4, 0.5) is 0 Å². The van der Waals surface area contributed by atoms with E-state index in [1.807, 2.05) is 23.3 Å². The standard InChI is InChI=1S/C20H25N3O2S/c1-2-16-9-15(10-18(24)22-16)19(25)23(12-14-3-8-26-13-14)17-11-20(17)4-6-21-7-5-20/h3,8-10,13,17,21H,2,4-7,11-12H2,1H3,(H,22,24). The Morgan fingerprint density at radius 1 is 1.35 bits per heavy atom. The first-order chi connectivity index (χ1) is 12.6. The molecule has 2 N–H and O–H groups in total. The van der Waals surface area contributed by atoms with Crippen molar-refractivity contribution in [3.05, 3.63) is 56.1 Å². The minimum atomic E-state index is -0.199. The normalized spacial score (nSPS) is 20.9. The number of H-pyrrole nitrogens is 1. The highest BCUT2D eigenvalue weighted by Crippen LogP contribution is 2.56. The molecule has 5 nitrogen and oxygen atoms in total. The van der Waals surface area contributed by atoms with E-state index in [1.165, 1.54) is 11.6 Å². The van der Waals surface area contributed by atoms with E-state index in [9.17, 15) is 9.59 Å². The molecule has 3 heterocycles. The van der Waals surface area contributed by atoms with Gasteiger partial charge in [-0.25, -0.2) is 0 Å². The largest absolute Gasteiger partial charge is 0.331 e. The number of carbonyl (C=O) groups is 1. The van der Waals surface area contributed by atoms with Gasteiger partial charge < -0.3 is 15.2 Å². The maximum Gasteiger partial charge on any atom is 0.254 e. The van der Waals surface area contributed by atoms with Gasteiger partial charge in [0, 0.05) is 29.9 Å². The fourth-order valence-electron chi connectivity index (χ4n) is 4.21. The zero-order chi connectivity index (χ0) is 18.1. The van der Waals surface area contributed by atoms with Gasteiger partial charge in [-0.15, -0.1) is 0 Å². The Bertz CT molecular complexity index is 837. The van der Waals surface area contributed by atoms with Crippen LogP contribution in [0.2, 0.25) is 0 Å². The molecule has 2 aromatic heterocycles. The number of thiophene rings is 1. The first kappa shape index (κ1) is 17.5. The topological polar surface area (TPSA) is 65.2 Å². The summed E-state index contributed by atoms with van der Waals surface area (Å²) in [6, 6.07) is 5.64. The molecule has 2 fully saturated rings. The van der Waals surface area contributed by atoms with Crippen LogP contribution in [0.1, 0.15) is 47.8 Å². The SMILES string of the molecule is CCc1cc(C(=O)N(Cc2ccsc2)C2CC23CCNCC3)cc(=O)[nH]1. The smallest absolute Gasteiger partial charge is 0.254 e. The van der Waals surface area contributed by atoms with E-state index < -0.39 is 0 Å². The summed E-state index contributed by atoms with van der Waals surface area (Å²) in [5.74, 6) is -0.0163. The summed E-state index contributed by atoms with van der Waals surface area (Å²) in [6.45, 7) is 4.66. The van der Waals surface area contributed by atoms with Crippen molar-refractivity contribution in [2.45, 2.75) is 45.2 Å². The Kier molecular flexibility index (Phi) is 4.71.